The largest absolute Gasteiger partial charge is 0.370 e. The van der Waals surface area contributed by atoms with E-state index in [2.05, 4.69) is 54.6 Å². The summed E-state index contributed by atoms with van der Waals surface area (Å²) >= 11 is 1.92. The monoisotopic (exact) mass is 310 g/mol. The highest BCUT2D eigenvalue weighted by Crippen LogP contribution is 2.23. The Bertz CT molecular complexity index is 421. The fourth-order valence-electron chi connectivity index (χ4n) is 2.06. The highest BCUT2D eigenvalue weighted by molar-refractivity contribution is 7.98. The van der Waals surface area contributed by atoms with Crippen LogP contribution in [-0.2, 0) is 0 Å². The first-order valence-electron chi connectivity index (χ1n) is 7.95. The van der Waals surface area contributed by atoms with Gasteiger partial charge >= 0.3 is 0 Å². The Kier molecular flexibility index (Phi) is 8.50. The summed E-state index contributed by atoms with van der Waals surface area (Å²) in [5.74, 6) is 4.44. The van der Waals surface area contributed by atoms with Gasteiger partial charge in [-0.3, -0.25) is 0 Å². The maximum atomic E-state index is 4.68. The van der Waals surface area contributed by atoms with Gasteiger partial charge in [-0.2, -0.15) is 11.8 Å². The maximum absolute atomic E-state index is 4.68. The lowest BCUT2D eigenvalue weighted by Crippen LogP contribution is -2.12. The zero-order valence-electron chi connectivity index (χ0n) is 14.1. The minimum atomic E-state index is 0.338. The van der Waals surface area contributed by atoms with Crippen LogP contribution in [-0.4, -0.2) is 35.1 Å². The average molecular weight is 311 g/mol. The second kappa shape index (κ2) is 9.87. The molecule has 4 nitrogen and oxygen atoms in total. The molecule has 120 valence electrons. The smallest absolute Gasteiger partial charge is 0.135 e. The van der Waals surface area contributed by atoms with Crippen LogP contribution in [0.2, 0.25) is 0 Å². The molecule has 0 saturated carbocycles. The van der Waals surface area contributed by atoms with Crippen LogP contribution >= 0.6 is 11.8 Å². The molecule has 1 aromatic rings. The van der Waals surface area contributed by atoms with Crippen LogP contribution in [0.15, 0.2) is 0 Å². The summed E-state index contributed by atoms with van der Waals surface area (Å²) in [5, 5.41) is 6.82. The predicted molar refractivity (Wildman–Crippen MR) is 95.7 cm³/mol. The number of unbranched alkanes of at least 4 members (excludes halogenated alkanes) is 2. The molecule has 0 spiro atoms. The molecule has 1 rings (SSSR count). The van der Waals surface area contributed by atoms with Crippen molar-refractivity contribution in [3.8, 4) is 0 Å². The lowest BCUT2D eigenvalue weighted by atomic mass is 10.2. The standard InChI is InChI=1S/C16H30N4S/c1-6-17-15-13(4)16(20-14(19-15)12(2)3)18-10-8-7-9-11-21-5/h12H,6-11H2,1-5H3,(H2,17,18,19,20). The van der Waals surface area contributed by atoms with Crippen molar-refractivity contribution in [2.24, 2.45) is 0 Å². The van der Waals surface area contributed by atoms with Crippen molar-refractivity contribution in [1.29, 1.82) is 0 Å². The highest BCUT2D eigenvalue weighted by atomic mass is 32.2. The first-order valence-corrected chi connectivity index (χ1v) is 9.34. The van der Waals surface area contributed by atoms with E-state index in [1.54, 1.807) is 0 Å². The van der Waals surface area contributed by atoms with E-state index in [1.165, 1.54) is 25.0 Å². The maximum Gasteiger partial charge on any atom is 0.135 e. The third-order valence-corrected chi connectivity index (χ3v) is 4.04. The summed E-state index contributed by atoms with van der Waals surface area (Å²) in [6, 6.07) is 0. The van der Waals surface area contributed by atoms with Gasteiger partial charge in [0, 0.05) is 24.6 Å². The first kappa shape index (κ1) is 18.1. The molecule has 5 heteroatoms. The third-order valence-electron chi connectivity index (χ3n) is 3.34. The number of rotatable bonds is 10. The summed E-state index contributed by atoms with van der Waals surface area (Å²) in [4.78, 5) is 9.31. The molecule has 0 aromatic carbocycles. The molecule has 1 aromatic heterocycles. The Morgan fingerprint density at radius 2 is 1.71 bits per heavy atom. The van der Waals surface area contributed by atoms with Gasteiger partial charge in [-0.15, -0.1) is 0 Å². The van der Waals surface area contributed by atoms with Crippen LogP contribution in [0, 0.1) is 6.92 Å². The van der Waals surface area contributed by atoms with E-state index in [0.29, 0.717) is 5.92 Å². The molecular weight excluding hydrogens is 280 g/mol. The topological polar surface area (TPSA) is 49.8 Å². The molecule has 1 heterocycles. The van der Waals surface area contributed by atoms with Gasteiger partial charge in [0.25, 0.3) is 0 Å². The van der Waals surface area contributed by atoms with Gasteiger partial charge in [0.1, 0.15) is 17.5 Å². The number of thioether (sulfide) groups is 1. The fourth-order valence-corrected chi connectivity index (χ4v) is 2.55. The zero-order chi connectivity index (χ0) is 15.7. The summed E-state index contributed by atoms with van der Waals surface area (Å²) in [6.45, 7) is 10.3. The highest BCUT2D eigenvalue weighted by Gasteiger charge is 2.12. The van der Waals surface area contributed by atoms with Crippen molar-refractivity contribution >= 4 is 23.4 Å². The second-order valence-electron chi connectivity index (χ2n) is 5.57. The van der Waals surface area contributed by atoms with Gasteiger partial charge in [0.15, 0.2) is 0 Å². The SMILES string of the molecule is CCNc1nc(C(C)C)nc(NCCCCCSC)c1C. The van der Waals surface area contributed by atoms with E-state index < -0.39 is 0 Å². The number of hydrogen-bond donors (Lipinski definition) is 2. The van der Waals surface area contributed by atoms with Crippen molar-refractivity contribution < 1.29 is 0 Å². The van der Waals surface area contributed by atoms with Crippen LogP contribution in [0.25, 0.3) is 0 Å². The Morgan fingerprint density at radius 3 is 2.29 bits per heavy atom. The van der Waals surface area contributed by atoms with Gasteiger partial charge in [-0.05, 0) is 38.7 Å². The second-order valence-corrected chi connectivity index (χ2v) is 6.55. The molecule has 0 amide bonds. The molecular formula is C16H30N4S. The molecule has 0 aliphatic rings. The van der Waals surface area contributed by atoms with Crippen LogP contribution < -0.4 is 10.6 Å². The Labute approximate surface area is 133 Å². The molecule has 0 unspecified atom stereocenters. The summed E-state index contributed by atoms with van der Waals surface area (Å²) in [6.07, 6.45) is 5.93. The molecule has 0 saturated heterocycles. The normalized spacial score (nSPS) is 11.0. The van der Waals surface area contributed by atoms with Gasteiger partial charge in [0.05, 0.1) is 0 Å². The molecule has 0 bridgehead atoms. The minimum absolute atomic E-state index is 0.338. The van der Waals surface area contributed by atoms with E-state index in [-0.39, 0.29) is 0 Å². The number of nitrogens with zero attached hydrogens (tertiary/aromatic N) is 2. The summed E-state index contributed by atoms with van der Waals surface area (Å²) < 4.78 is 0. The molecule has 0 atom stereocenters. The Hall–Kier alpha value is -0.970. The van der Waals surface area contributed by atoms with E-state index >= 15 is 0 Å². The van der Waals surface area contributed by atoms with Crippen molar-refractivity contribution in [2.45, 2.75) is 52.9 Å². The zero-order valence-corrected chi connectivity index (χ0v) is 14.9. The molecule has 2 N–H and O–H groups in total. The van der Waals surface area contributed by atoms with Crippen molar-refractivity contribution in [3.05, 3.63) is 11.4 Å². The number of anilines is 2. The van der Waals surface area contributed by atoms with Gasteiger partial charge in [-0.1, -0.05) is 20.3 Å². The van der Waals surface area contributed by atoms with E-state index in [1.807, 2.05) is 11.8 Å². The lowest BCUT2D eigenvalue weighted by Gasteiger charge is -2.16. The van der Waals surface area contributed by atoms with Gasteiger partial charge < -0.3 is 10.6 Å². The van der Waals surface area contributed by atoms with Crippen LogP contribution in [0.4, 0.5) is 11.6 Å². The molecule has 21 heavy (non-hydrogen) atoms. The van der Waals surface area contributed by atoms with Crippen LogP contribution in [0.3, 0.4) is 0 Å². The lowest BCUT2D eigenvalue weighted by molar-refractivity contribution is 0.741. The fraction of sp³-hybridized carbons (Fsp3) is 0.750. The third kappa shape index (κ3) is 6.12. The van der Waals surface area contributed by atoms with Crippen molar-refractivity contribution in [3.63, 3.8) is 0 Å². The predicted octanol–water partition coefficient (Wildman–Crippen LogP) is 4.29. The average Bonchev–Trinajstić information content (AvgIpc) is 2.46. The van der Waals surface area contributed by atoms with E-state index in [4.69, 9.17) is 0 Å². The number of hydrogen-bond acceptors (Lipinski definition) is 5. The van der Waals surface area contributed by atoms with Crippen LogP contribution in [0.5, 0.6) is 0 Å². The van der Waals surface area contributed by atoms with E-state index in [0.717, 1.165) is 36.1 Å². The minimum Gasteiger partial charge on any atom is -0.370 e. The van der Waals surface area contributed by atoms with Crippen LogP contribution in [0.1, 0.15) is 57.3 Å². The molecule has 0 aliphatic heterocycles. The Balaban J connectivity index is 2.66. The van der Waals surface area contributed by atoms with E-state index in [9.17, 15) is 0 Å². The van der Waals surface area contributed by atoms with Gasteiger partial charge in [-0.25, -0.2) is 9.97 Å². The first-order chi connectivity index (χ1) is 10.1. The molecule has 0 aliphatic carbocycles. The van der Waals surface area contributed by atoms with Gasteiger partial charge in [0.2, 0.25) is 0 Å². The number of aromatic nitrogens is 2. The quantitative estimate of drug-likeness (QED) is 0.632. The van der Waals surface area contributed by atoms with Crippen molar-refractivity contribution in [2.75, 3.05) is 35.7 Å². The van der Waals surface area contributed by atoms with Crippen molar-refractivity contribution in [1.82, 2.24) is 9.97 Å². The summed E-state index contributed by atoms with van der Waals surface area (Å²) in [7, 11) is 0. The Morgan fingerprint density at radius 1 is 1.05 bits per heavy atom. The molecule has 0 radical (unpaired) electrons. The summed E-state index contributed by atoms with van der Waals surface area (Å²) in [5.41, 5.74) is 1.12. The molecule has 0 fully saturated rings. The number of nitrogens with one attached hydrogen (secondary N) is 2.